The SMILES string of the molecule is Cc1cn(-c2cccc(C(=O)Nc3cccc([C@]4(C)CC(=O)C([C@@H]5CCO[C@H](C)C5)C(N)=N4)c3Cl)c2)cn1. The third-order valence-electron chi connectivity index (χ3n) is 7.50. The molecule has 1 amide bonds. The quantitative estimate of drug-likeness (QED) is 0.476. The van der Waals surface area contributed by atoms with Gasteiger partial charge in [-0.1, -0.05) is 29.8 Å². The number of hydrogen-bond donors (Lipinski definition) is 2. The van der Waals surface area contributed by atoms with Crippen LogP contribution in [0.1, 0.15) is 54.7 Å². The molecule has 1 aromatic heterocycles. The highest BCUT2D eigenvalue weighted by Gasteiger charge is 2.44. The molecule has 3 heterocycles. The number of carbonyl (C=O) groups is 2. The van der Waals surface area contributed by atoms with E-state index < -0.39 is 11.5 Å². The Morgan fingerprint density at radius 3 is 2.76 bits per heavy atom. The van der Waals surface area contributed by atoms with Gasteiger partial charge in [0.1, 0.15) is 11.6 Å². The lowest BCUT2D eigenvalue weighted by molar-refractivity contribution is -0.125. The monoisotopic (exact) mass is 533 g/mol. The van der Waals surface area contributed by atoms with E-state index in [0.29, 0.717) is 34.3 Å². The normalized spacial score (nSPS) is 25.6. The van der Waals surface area contributed by atoms with E-state index in [1.165, 1.54) is 0 Å². The van der Waals surface area contributed by atoms with E-state index >= 15 is 0 Å². The van der Waals surface area contributed by atoms with Gasteiger partial charge in [-0.15, -0.1) is 0 Å². The average molecular weight is 534 g/mol. The Bertz CT molecular complexity index is 1420. The first kappa shape index (κ1) is 26.1. The van der Waals surface area contributed by atoms with Crippen LogP contribution < -0.4 is 11.1 Å². The van der Waals surface area contributed by atoms with Crippen LogP contribution in [-0.2, 0) is 15.1 Å². The molecule has 0 bridgehead atoms. The minimum atomic E-state index is -0.925. The molecule has 5 rings (SSSR count). The van der Waals surface area contributed by atoms with Crippen LogP contribution >= 0.6 is 11.6 Å². The van der Waals surface area contributed by atoms with Crippen LogP contribution in [0.15, 0.2) is 60.0 Å². The second-order valence-corrected chi connectivity index (χ2v) is 10.9. The molecule has 2 aromatic carbocycles. The number of halogens is 1. The van der Waals surface area contributed by atoms with Crippen molar-refractivity contribution < 1.29 is 14.3 Å². The number of ether oxygens (including phenoxy) is 1. The Kier molecular flexibility index (Phi) is 7.11. The first-order valence-corrected chi connectivity index (χ1v) is 13.2. The second-order valence-electron chi connectivity index (χ2n) is 10.5. The van der Waals surface area contributed by atoms with E-state index in [1.807, 2.05) is 49.7 Å². The number of rotatable bonds is 5. The number of aryl methyl sites for hydroxylation is 1. The van der Waals surface area contributed by atoms with Crippen molar-refractivity contribution in [2.45, 2.75) is 51.7 Å². The highest BCUT2D eigenvalue weighted by molar-refractivity contribution is 6.35. The first-order valence-electron chi connectivity index (χ1n) is 12.9. The maximum absolute atomic E-state index is 13.4. The van der Waals surface area contributed by atoms with Crippen LogP contribution in [0.5, 0.6) is 0 Å². The van der Waals surface area contributed by atoms with E-state index in [2.05, 4.69) is 10.3 Å². The molecule has 198 valence electrons. The summed E-state index contributed by atoms with van der Waals surface area (Å²) in [5, 5.41) is 3.26. The zero-order valence-corrected chi connectivity index (χ0v) is 22.5. The van der Waals surface area contributed by atoms with Gasteiger partial charge >= 0.3 is 0 Å². The Balaban J connectivity index is 1.39. The molecule has 0 aliphatic carbocycles. The number of ketones is 1. The van der Waals surface area contributed by atoms with Crippen molar-refractivity contribution in [1.82, 2.24) is 9.55 Å². The Hall–Kier alpha value is -3.49. The number of carbonyl (C=O) groups excluding carboxylic acids is 2. The third-order valence-corrected chi connectivity index (χ3v) is 7.91. The summed E-state index contributed by atoms with van der Waals surface area (Å²) < 4.78 is 7.51. The minimum absolute atomic E-state index is 0.0659. The van der Waals surface area contributed by atoms with Crippen molar-refractivity contribution in [2.75, 3.05) is 11.9 Å². The molecule has 8 nitrogen and oxygen atoms in total. The molecule has 3 aromatic rings. The fourth-order valence-corrected chi connectivity index (χ4v) is 5.99. The minimum Gasteiger partial charge on any atom is -0.387 e. The molecule has 0 radical (unpaired) electrons. The number of amides is 1. The standard InChI is InChI=1S/C29H32ClN5O3/c1-17-15-35(16-32-17)21-7-4-6-20(13-21)28(37)33-23-9-5-8-22(26(23)30)29(3)14-24(36)25(27(31)34-29)19-10-11-38-18(2)12-19/h4-9,13,15-16,18-19,25H,10-12,14H2,1-3H3,(H2,31,34)(H,33,37)/t18-,19-,25?,29+/m1/s1. The van der Waals surface area contributed by atoms with E-state index in [0.717, 1.165) is 24.2 Å². The lowest BCUT2D eigenvalue weighted by Crippen LogP contribution is -2.47. The molecular weight excluding hydrogens is 502 g/mol. The van der Waals surface area contributed by atoms with Gasteiger partial charge in [-0.25, -0.2) is 4.98 Å². The van der Waals surface area contributed by atoms with Gasteiger partial charge in [0.15, 0.2) is 0 Å². The van der Waals surface area contributed by atoms with Gasteiger partial charge in [-0.3, -0.25) is 14.6 Å². The molecule has 0 saturated carbocycles. The summed E-state index contributed by atoms with van der Waals surface area (Å²) >= 11 is 6.83. The number of aliphatic imine (C=N–C) groups is 1. The Morgan fingerprint density at radius 2 is 2.05 bits per heavy atom. The van der Waals surface area contributed by atoms with Gasteiger partial charge < -0.3 is 20.4 Å². The van der Waals surface area contributed by atoms with Crippen molar-refractivity contribution in [3.05, 3.63) is 76.8 Å². The van der Waals surface area contributed by atoms with Crippen LogP contribution in [0.4, 0.5) is 5.69 Å². The summed E-state index contributed by atoms with van der Waals surface area (Å²) in [6.07, 6.45) is 5.46. The predicted molar refractivity (Wildman–Crippen MR) is 148 cm³/mol. The Labute approximate surface area is 227 Å². The number of nitrogens with zero attached hydrogens (tertiary/aromatic N) is 3. The molecule has 9 heteroatoms. The predicted octanol–water partition coefficient (Wildman–Crippen LogP) is 5.06. The maximum Gasteiger partial charge on any atom is 0.255 e. The summed E-state index contributed by atoms with van der Waals surface area (Å²) in [5.74, 6) is -0.161. The number of Topliss-reactive ketones (excluding diaryl/α,β-unsaturated/α-hetero) is 1. The van der Waals surface area contributed by atoms with E-state index in [1.54, 1.807) is 30.6 Å². The van der Waals surface area contributed by atoms with Crippen molar-refractivity contribution in [1.29, 1.82) is 0 Å². The second kappa shape index (κ2) is 10.3. The molecule has 1 unspecified atom stereocenters. The van der Waals surface area contributed by atoms with E-state index in [-0.39, 0.29) is 30.1 Å². The lowest BCUT2D eigenvalue weighted by atomic mass is 9.73. The highest BCUT2D eigenvalue weighted by Crippen LogP contribution is 2.43. The molecular formula is C29H32ClN5O3. The van der Waals surface area contributed by atoms with Gasteiger partial charge in [-0.2, -0.15) is 0 Å². The molecule has 3 N–H and O–H groups in total. The van der Waals surface area contributed by atoms with Gasteiger partial charge in [0.25, 0.3) is 5.91 Å². The lowest BCUT2D eigenvalue weighted by Gasteiger charge is -2.39. The van der Waals surface area contributed by atoms with Crippen molar-refractivity contribution in [3.8, 4) is 5.69 Å². The van der Waals surface area contributed by atoms with Crippen molar-refractivity contribution >= 4 is 34.8 Å². The maximum atomic E-state index is 13.4. The summed E-state index contributed by atoms with van der Waals surface area (Å²) in [4.78, 5) is 35.6. The smallest absolute Gasteiger partial charge is 0.255 e. The third kappa shape index (κ3) is 5.11. The fraction of sp³-hybridized carbons (Fsp3) is 0.379. The first-order chi connectivity index (χ1) is 18.1. The van der Waals surface area contributed by atoms with Crippen LogP contribution in [0.3, 0.4) is 0 Å². The molecule has 38 heavy (non-hydrogen) atoms. The summed E-state index contributed by atoms with van der Waals surface area (Å²) in [7, 11) is 0. The van der Waals surface area contributed by atoms with E-state index in [4.69, 9.17) is 27.1 Å². The van der Waals surface area contributed by atoms with Crippen molar-refractivity contribution in [3.63, 3.8) is 0 Å². The summed E-state index contributed by atoms with van der Waals surface area (Å²) in [5.41, 5.74) is 8.79. The summed E-state index contributed by atoms with van der Waals surface area (Å²) in [6.45, 7) is 6.42. The molecule has 4 atom stereocenters. The number of nitrogens with two attached hydrogens (primary N) is 1. The number of imidazole rings is 1. The van der Waals surface area contributed by atoms with E-state index in [9.17, 15) is 9.59 Å². The zero-order valence-electron chi connectivity index (χ0n) is 21.8. The van der Waals surface area contributed by atoms with Crippen LogP contribution in [0.2, 0.25) is 5.02 Å². The largest absolute Gasteiger partial charge is 0.387 e. The molecule has 1 saturated heterocycles. The zero-order chi connectivity index (χ0) is 27.0. The van der Waals surface area contributed by atoms with Gasteiger partial charge in [-0.05, 0) is 63.8 Å². The molecule has 2 aliphatic rings. The number of amidine groups is 1. The van der Waals surface area contributed by atoms with Gasteiger partial charge in [0.05, 0.1) is 40.3 Å². The van der Waals surface area contributed by atoms with Crippen LogP contribution in [-0.4, -0.2) is 39.8 Å². The topological polar surface area (TPSA) is 112 Å². The molecule has 2 aliphatic heterocycles. The van der Waals surface area contributed by atoms with Crippen molar-refractivity contribution in [2.24, 2.45) is 22.6 Å². The molecule has 0 spiro atoms. The number of anilines is 1. The molecule has 1 fully saturated rings. The summed E-state index contributed by atoms with van der Waals surface area (Å²) in [6, 6.07) is 12.6. The average Bonchev–Trinajstić information content (AvgIpc) is 3.31. The number of nitrogens with one attached hydrogen (secondary N) is 1. The number of benzene rings is 2. The highest BCUT2D eigenvalue weighted by atomic mass is 35.5. The van der Waals surface area contributed by atoms with Crippen LogP contribution in [0, 0.1) is 18.8 Å². The Morgan fingerprint density at radius 1 is 1.26 bits per heavy atom. The van der Waals surface area contributed by atoms with Crippen LogP contribution in [0.25, 0.3) is 5.69 Å². The van der Waals surface area contributed by atoms with Gasteiger partial charge in [0.2, 0.25) is 0 Å². The number of hydrogen-bond acceptors (Lipinski definition) is 6. The number of aromatic nitrogens is 2. The fourth-order valence-electron chi connectivity index (χ4n) is 5.61. The van der Waals surface area contributed by atoms with Gasteiger partial charge in [0, 0.05) is 36.0 Å².